The standard InChI is InChI=1S/C19H20FN3O/c1-13-2-4-14(5-3-13)6-9-19(24)21-11-10-18-22-16-8-7-15(20)12-17(16)23-18/h2-5,7-8,12H,6,9-11H2,1H3,(H,21,24)(H,22,23). The molecule has 4 nitrogen and oxygen atoms in total. The number of aryl methyl sites for hydroxylation is 2. The average Bonchev–Trinajstić information content (AvgIpc) is 2.96. The summed E-state index contributed by atoms with van der Waals surface area (Å²) in [5.74, 6) is 0.481. The Balaban J connectivity index is 1.44. The van der Waals surface area contributed by atoms with Crippen molar-refractivity contribution < 1.29 is 9.18 Å². The van der Waals surface area contributed by atoms with Crippen molar-refractivity contribution in [3.8, 4) is 0 Å². The molecular formula is C19H20FN3O. The van der Waals surface area contributed by atoms with Crippen molar-refractivity contribution in [2.24, 2.45) is 0 Å². The van der Waals surface area contributed by atoms with Gasteiger partial charge in [0, 0.05) is 19.4 Å². The number of rotatable bonds is 6. The lowest BCUT2D eigenvalue weighted by Gasteiger charge is -2.04. The molecule has 0 saturated carbocycles. The molecule has 124 valence electrons. The van der Waals surface area contributed by atoms with Gasteiger partial charge >= 0.3 is 0 Å². The van der Waals surface area contributed by atoms with Crippen LogP contribution in [-0.4, -0.2) is 22.4 Å². The number of nitrogens with zero attached hydrogens (tertiary/aromatic N) is 1. The maximum atomic E-state index is 13.1. The molecule has 1 amide bonds. The molecule has 24 heavy (non-hydrogen) atoms. The Morgan fingerprint density at radius 2 is 1.96 bits per heavy atom. The van der Waals surface area contributed by atoms with Gasteiger partial charge in [-0.1, -0.05) is 29.8 Å². The van der Waals surface area contributed by atoms with E-state index >= 15 is 0 Å². The molecule has 2 N–H and O–H groups in total. The van der Waals surface area contributed by atoms with Gasteiger partial charge in [-0.3, -0.25) is 4.79 Å². The van der Waals surface area contributed by atoms with E-state index in [1.807, 2.05) is 6.92 Å². The Morgan fingerprint density at radius 3 is 2.75 bits per heavy atom. The van der Waals surface area contributed by atoms with Crippen LogP contribution in [0, 0.1) is 12.7 Å². The van der Waals surface area contributed by atoms with Gasteiger partial charge in [0.25, 0.3) is 0 Å². The zero-order valence-corrected chi connectivity index (χ0v) is 13.6. The summed E-state index contributed by atoms with van der Waals surface area (Å²) >= 11 is 0. The quantitative estimate of drug-likeness (QED) is 0.730. The predicted octanol–water partition coefficient (Wildman–Crippen LogP) is 3.30. The zero-order chi connectivity index (χ0) is 16.9. The molecule has 0 spiro atoms. The Bertz CT molecular complexity index is 839. The maximum absolute atomic E-state index is 13.1. The van der Waals surface area contributed by atoms with Crippen LogP contribution in [0.2, 0.25) is 0 Å². The highest BCUT2D eigenvalue weighted by Gasteiger charge is 2.06. The molecule has 2 aromatic carbocycles. The van der Waals surface area contributed by atoms with E-state index in [-0.39, 0.29) is 11.7 Å². The highest BCUT2D eigenvalue weighted by Crippen LogP contribution is 2.13. The van der Waals surface area contributed by atoms with Gasteiger partial charge in [0.2, 0.25) is 5.91 Å². The van der Waals surface area contributed by atoms with Crippen molar-refractivity contribution in [1.29, 1.82) is 0 Å². The number of nitrogens with one attached hydrogen (secondary N) is 2. The molecule has 1 aromatic heterocycles. The summed E-state index contributed by atoms with van der Waals surface area (Å²) < 4.78 is 13.1. The Hall–Kier alpha value is -2.69. The molecular weight excluding hydrogens is 305 g/mol. The number of benzene rings is 2. The summed E-state index contributed by atoms with van der Waals surface area (Å²) in [5, 5.41) is 2.90. The van der Waals surface area contributed by atoms with E-state index in [0.29, 0.717) is 24.9 Å². The van der Waals surface area contributed by atoms with Crippen molar-refractivity contribution in [3.63, 3.8) is 0 Å². The van der Waals surface area contributed by atoms with Gasteiger partial charge in [0.1, 0.15) is 11.6 Å². The number of carbonyl (C=O) groups is 1. The first-order valence-corrected chi connectivity index (χ1v) is 8.06. The SMILES string of the molecule is Cc1ccc(CCC(=O)NCCc2nc3ccc(F)cc3[nH]2)cc1. The van der Waals surface area contributed by atoms with Gasteiger partial charge in [0.15, 0.2) is 0 Å². The van der Waals surface area contributed by atoms with E-state index in [4.69, 9.17) is 0 Å². The number of hydrogen-bond acceptors (Lipinski definition) is 2. The molecule has 0 unspecified atom stereocenters. The molecule has 3 aromatic rings. The summed E-state index contributed by atoms with van der Waals surface area (Å²) in [7, 11) is 0. The molecule has 3 rings (SSSR count). The van der Waals surface area contributed by atoms with Crippen molar-refractivity contribution >= 4 is 16.9 Å². The van der Waals surface area contributed by atoms with Crippen molar-refractivity contribution in [1.82, 2.24) is 15.3 Å². The van der Waals surface area contributed by atoms with Gasteiger partial charge in [-0.25, -0.2) is 9.37 Å². The Kier molecular flexibility index (Phi) is 4.89. The monoisotopic (exact) mass is 325 g/mol. The summed E-state index contributed by atoms with van der Waals surface area (Å²) in [5.41, 5.74) is 3.79. The lowest BCUT2D eigenvalue weighted by molar-refractivity contribution is -0.121. The molecule has 0 bridgehead atoms. The lowest BCUT2D eigenvalue weighted by Crippen LogP contribution is -2.26. The summed E-state index contributed by atoms with van der Waals surface area (Å²) in [6.45, 7) is 2.55. The number of amides is 1. The molecule has 0 fully saturated rings. The van der Waals surface area contributed by atoms with Crippen LogP contribution in [-0.2, 0) is 17.6 Å². The average molecular weight is 325 g/mol. The first-order valence-electron chi connectivity index (χ1n) is 8.06. The second-order valence-electron chi connectivity index (χ2n) is 5.93. The number of aromatic nitrogens is 2. The van der Waals surface area contributed by atoms with Crippen LogP contribution in [0.4, 0.5) is 4.39 Å². The molecule has 5 heteroatoms. The number of hydrogen-bond donors (Lipinski definition) is 2. The van der Waals surface area contributed by atoms with E-state index in [9.17, 15) is 9.18 Å². The fourth-order valence-corrected chi connectivity index (χ4v) is 2.57. The first-order chi connectivity index (χ1) is 11.6. The summed E-state index contributed by atoms with van der Waals surface area (Å²) in [6.07, 6.45) is 1.79. The predicted molar refractivity (Wildman–Crippen MR) is 92.3 cm³/mol. The zero-order valence-electron chi connectivity index (χ0n) is 13.6. The van der Waals surface area contributed by atoms with Gasteiger partial charge in [0.05, 0.1) is 11.0 Å². The molecule has 0 aliphatic heterocycles. The molecule has 0 saturated heterocycles. The minimum Gasteiger partial charge on any atom is -0.356 e. The topological polar surface area (TPSA) is 57.8 Å². The molecule has 0 aliphatic carbocycles. The third kappa shape index (κ3) is 4.19. The van der Waals surface area contributed by atoms with Crippen LogP contribution in [0.3, 0.4) is 0 Å². The minimum atomic E-state index is -0.290. The Labute approximate surface area is 140 Å². The van der Waals surface area contributed by atoms with Crippen molar-refractivity contribution in [3.05, 3.63) is 65.2 Å². The molecule has 1 heterocycles. The van der Waals surface area contributed by atoms with Crippen molar-refractivity contribution in [2.75, 3.05) is 6.54 Å². The van der Waals surface area contributed by atoms with Crippen LogP contribution in [0.5, 0.6) is 0 Å². The number of fused-ring (bicyclic) bond motifs is 1. The second-order valence-corrected chi connectivity index (χ2v) is 5.93. The molecule has 0 atom stereocenters. The fourth-order valence-electron chi connectivity index (χ4n) is 2.57. The largest absolute Gasteiger partial charge is 0.356 e. The van der Waals surface area contributed by atoms with Gasteiger partial charge in [-0.15, -0.1) is 0 Å². The third-order valence-electron chi connectivity index (χ3n) is 3.94. The smallest absolute Gasteiger partial charge is 0.220 e. The van der Waals surface area contributed by atoms with Crippen molar-refractivity contribution in [2.45, 2.75) is 26.2 Å². The number of aromatic amines is 1. The molecule has 0 radical (unpaired) electrons. The summed E-state index contributed by atoms with van der Waals surface area (Å²) in [4.78, 5) is 19.3. The van der Waals surface area contributed by atoms with Crippen LogP contribution in [0.25, 0.3) is 11.0 Å². The van der Waals surface area contributed by atoms with E-state index in [1.165, 1.54) is 17.7 Å². The molecule has 0 aliphatic rings. The van der Waals surface area contributed by atoms with Crippen LogP contribution >= 0.6 is 0 Å². The lowest BCUT2D eigenvalue weighted by atomic mass is 10.1. The highest BCUT2D eigenvalue weighted by atomic mass is 19.1. The van der Waals surface area contributed by atoms with Crippen LogP contribution < -0.4 is 5.32 Å². The maximum Gasteiger partial charge on any atom is 0.220 e. The van der Waals surface area contributed by atoms with E-state index < -0.39 is 0 Å². The highest BCUT2D eigenvalue weighted by molar-refractivity contribution is 5.76. The van der Waals surface area contributed by atoms with E-state index in [2.05, 4.69) is 39.6 Å². The number of H-pyrrole nitrogens is 1. The normalized spacial score (nSPS) is 10.9. The Morgan fingerprint density at radius 1 is 1.17 bits per heavy atom. The van der Waals surface area contributed by atoms with Crippen LogP contribution in [0.1, 0.15) is 23.4 Å². The van der Waals surface area contributed by atoms with E-state index in [0.717, 1.165) is 23.3 Å². The third-order valence-corrected chi connectivity index (χ3v) is 3.94. The number of halogens is 1. The van der Waals surface area contributed by atoms with E-state index in [1.54, 1.807) is 6.07 Å². The second kappa shape index (κ2) is 7.25. The van der Waals surface area contributed by atoms with Gasteiger partial charge in [-0.2, -0.15) is 0 Å². The van der Waals surface area contributed by atoms with Gasteiger partial charge < -0.3 is 10.3 Å². The first kappa shape index (κ1) is 16.2. The summed E-state index contributed by atoms with van der Waals surface area (Å²) in [6, 6.07) is 12.7. The van der Waals surface area contributed by atoms with Crippen LogP contribution in [0.15, 0.2) is 42.5 Å². The number of carbonyl (C=O) groups excluding carboxylic acids is 1. The van der Waals surface area contributed by atoms with Gasteiger partial charge in [-0.05, 0) is 37.1 Å². The minimum absolute atomic E-state index is 0.0257. The fraction of sp³-hybridized carbons (Fsp3) is 0.263. The number of imidazole rings is 1.